The van der Waals surface area contributed by atoms with Crippen LogP contribution in [0.1, 0.15) is 11.4 Å². The lowest BCUT2D eigenvalue weighted by molar-refractivity contribution is -0.113. The number of aromatic nitrogens is 3. The quantitative estimate of drug-likeness (QED) is 0.257. The molecule has 0 atom stereocenters. The van der Waals surface area contributed by atoms with Gasteiger partial charge in [0.25, 0.3) is 0 Å². The van der Waals surface area contributed by atoms with E-state index >= 15 is 0 Å². The molecule has 4 rings (SSSR count). The molecule has 0 aliphatic carbocycles. The maximum Gasteiger partial charge on any atom is 0.234 e. The second-order valence-electron chi connectivity index (χ2n) is 6.82. The minimum Gasteiger partial charge on any atom is -0.508 e. The summed E-state index contributed by atoms with van der Waals surface area (Å²) in [5.74, 6) is 0.229. The van der Waals surface area contributed by atoms with Crippen molar-refractivity contribution in [3.8, 4) is 16.9 Å². The van der Waals surface area contributed by atoms with Gasteiger partial charge in [-0.3, -0.25) is 4.79 Å². The summed E-state index contributed by atoms with van der Waals surface area (Å²) >= 11 is 7.42. The molecule has 0 spiro atoms. The van der Waals surface area contributed by atoms with Crippen LogP contribution in [0.15, 0.2) is 59.6 Å². The van der Waals surface area contributed by atoms with Gasteiger partial charge in [-0.05, 0) is 61.9 Å². The number of rotatable bonds is 5. The number of benzene rings is 2. The van der Waals surface area contributed by atoms with Crippen LogP contribution >= 0.6 is 23.4 Å². The van der Waals surface area contributed by atoms with E-state index in [0.29, 0.717) is 10.7 Å². The third-order valence-electron chi connectivity index (χ3n) is 4.49. The fraction of sp³-hybridized carbons (Fsp3) is 0.136. The molecule has 0 unspecified atom stereocenters. The summed E-state index contributed by atoms with van der Waals surface area (Å²) in [7, 11) is 0. The number of aryl methyl sites for hydroxylation is 2. The second kappa shape index (κ2) is 8.38. The molecule has 0 bridgehead atoms. The molecule has 2 heterocycles. The van der Waals surface area contributed by atoms with Gasteiger partial charge in [-0.1, -0.05) is 35.5 Å². The molecule has 2 N–H and O–H groups in total. The molecule has 2 aromatic carbocycles. The van der Waals surface area contributed by atoms with E-state index in [1.54, 1.807) is 16.6 Å². The highest BCUT2D eigenvalue weighted by molar-refractivity contribution is 7.99. The van der Waals surface area contributed by atoms with E-state index < -0.39 is 0 Å². The SMILES string of the molecule is Cc1cc(SCC(=O)Nc2ccc(O)cc2)n2nc(C)c(-c3ccc(Cl)cc3)c2n1. The minimum absolute atomic E-state index is 0.143. The number of carbonyl (C=O) groups excluding carboxylic acids is 1. The molecule has 30 heavy (non-hydrogen) atoms. The minimum atomic E-state index is -0.143. The predicted molar refractivity (Wildman–Crippen MR) is 120 cm³/mol. The van der Waals surface area contributed by atoms with Crippen LogP contribution in [0, 0.1) is 13.8 Å². The van der Waals surface area contributed by atoms with Gasteiger partial charge in [0.05, 0.1) is 11.4 Å². The first-order valence-electron chi connectivity index (χ1n) is 9.25. The largest absolute Gasteiger partial charge is 0.508 e. The zero-order valence-electron chi connectivity index (χ0n) is 16.4. The third kappa shape index (κ3) is 4.27. The molecule has 4 aromatic rings. The summed E-state index contributed by atoms with van der Waals surface area (Å²) in [6.07, 6.45) is 0. The second-order valence-corrected chi connectivity index (χ2v) is 8.25. The van der Waals surface area contributed by atoms with Crippen molar-refractivity contribution in [1.29, 1.82) is 0 Å². The molecule has 0 saturated heterocycles. The number of nitrogens with one attached hydrogen (secondary N) is 1. The summed E-state index contributed by atoms with van der Waals surface area (Å²) in [4.78, 5) is 17.1. The monoisotopic (exact) mass is 438 g/mol. The van der Waals surface area contributed by atoms with Gasteiger partial charge in [-0.15, -0.1) is 0 Å². The lowest BCUT2D eigenvalue weighted by Gasteiger charge is -2.08. The van der Waals surface area contributed by atoms with Gasteiger partial charge >= 0.3 is 0 Å². The summed E-state index contributed by atoms with van der Waals surface area (Å²) in [5, 5.41) is 18.3. The Morgan fingerprint density at radius 2 is 1.83 bits per heavy atom. The Hall–Kier alpha value is -3.03. The van der Waals surface area contributed by atoms with E-state index in [9.17, 15) is 9.90 Å². The van der Waals surface area contributed by atoms with Crippen molar-refractivity contribution < 1.29 is 9.90 Å². The van der Waals surface area contributed by atoms with Gasteiger partial charge < -0.3 is 10.4 Å². The number of phenolic OH excluding ortho intramolecular Hbond substituents is 1. The van der Waals surface area contributed by atoms with E-state index in [4.69, 9.17) is 11.6 Å². The Morgan fingerprint density at radius 3 is 2.53 bits per heavy atom. The number of hydrogen-bond donors (Lipinski definition) is 2. The molecule has 8 heteroatoms. The Morgan fingerprint density at radius 1 is 1.13 bits per heavy atom. The van der Waals surface area contributed by atoms with Gasteiger partial charge in [0.15, 0.2) is 5.65 Å². The highest BCUT2D eigenvalue weighted by Gasteiger charge is 2.17. The van der Waals surface area contributed by atoms with Crippen molar-refractivity contribution in [3.63, 3.8) is 0 Å². The van der Waals surface area contributed by atoms with Crippen LogP contribution in [0.2, 0.25) is 5.02 Å². The molecular formula is C22H19ClN4O2S. The molecule has 0 fully saturated rings. The first-order valence-corrected chi connectivity index (χ1v) is 10.6. The molecule has 0 aliphatic heterocycles. The van der Waals surface area contributed by atoms with E-state index in [1.807, 2.05) is 44.2 Å². The fourth-order valence-corrected chi connectivity index (χ4v) is 4.13. The summed E-state index contributed by atoms with van der Waals surface area (Å²) < 4.78 is 1.78. The van der Waals surface area contributed by atoms with Crippen LogP contribution < -0.4 is 5.32 Å². The highest BCUT2D eigenvalue weighted by Crippen LogP contribution is 2.31. The summed E-state index contributed by atoms with van der Waals surface area (Å²) in [6, 6.07) is 15.9. The normalized spacial score (nSPS) is 11.0. The standard InChI is InChI=1S/C22H19ClN4O2S/c1-13-11-20(30-12-19(29)25-17-7-9-18(28)10-8-17)27-22(24-13)21(14(2)26-27)15-3-5-16(23)6-4-15/h3-11,28H,12H2,1-2H3,(H,25,29). The summed E-state index contributed by atoms with van der Waals surface area (Å²) in [5.41, 5.74) is 5.02. The summed E-state index contributed by atoms with van der Waals surface area (Å²) in [6.45, 7) is 3.87. The molecular weight excluding hydrogens is 420 g/mol. The smallest absolute Gasteiger partial charge is 0.234 e. The van der Waals surface area contributed by atoms with Crippen LogP contribution in [0.5, 0.6) is 5.75 Å². The number of nitrogens with zero attached hydrogens (tertiary/aromatic N) is 3. The van der Waals surface area contributed by atoms with Crippen molar-refractivity contribution in [3.05, 3.63) is 71.0 Å². The highest BCUT2D eigenvalue weighted by atomic mass is 35.5. The first-order chi connectivity index (χ1) is 14.4. The van der Waals surface area contributed by atoms with Crippen molar-refractivity contribution in [1.82, 2.24) is 14.6 Å². The average Bonchev–Trinajstić information content (AvgIpc) is 3.04. The van der Waals surface area contributed by atoms with Crippen LogP contribution in [0.3, 0.4) is 0 Å². The molecule has 0 aliphatic rings. The number of thioether (sulfide) groups is 1. The number of anilines is 1. The fourth-order valence-electron chi connectivity index (χ4n) is 3.15. The number of halogens is 1. The van der Waals surface area contributed by atoms with Gasteiger partial charge in [0.2, 0.25) is 5.91 Å². The van der Waals surface area contributed by atoms with Crippen LogP contribution in [-0.4, -0.2) is 31.4 Å². The van der Waals surface area contributed by atoms with E-state index in [-0.39, 0.29) is 17.4 Å². The number of hydrogen-bond acceptors (Lipinski definition) is 5. The van der Waals surface area contributed by atoms with Gasteiger partial charge in [0, 0.05) is 22.0 Å². The van der Waals surface area contributed by atoms with E-state index in [0.717, 1.165) is 33.2 Å². The number of aromatic hydroxyl groups is 1. The first kappa shape index (κ1) is 20.3. The van der Waals surface area contributed by atoms with Crippen molar-refractivity contribution in [2.24, 2.45) is 0 Å². The van der Waals surface area contributed by atoms with E-state index in [1.165, 1.54) is 23.9 Å². The van der Waals surface area contributed by atoms with Gasteiger partial charge in [0.1, 0.15) is 10.8 Å². The molecule has 0 saturated carbocycles. The van der Waals surface area contributed by atoms with Gasteiger partial charge in [-0.2, -0.15) is 5.10 Å². The predicted octanol–water partition coefficient (Wildman–Crippen LogP) is 5.10. The topological polar surface area (TPSA) is 79.5 Å². The van der Waals surface area contributed by atoms with Gasteiger partial charge in [-0.25, -0.2) is 9.50 Å². The average molecular weight is 439 g/mol. The number of carbonyl (C=O) groups is 1. The Balaban J connectivity index is 1.60. The van der Waals surface area contributed by atoms with Crippen LogP contribution in [0.25, 0.3) is 16.8 Å². The van der Waals surface area contributed by atoms with Crippen molar-refractivity contribution in [2.75, 3.05) is 11.1 Å². The maximum atomic E-state index is 12.4. The molecule has 2 aromatic heterocycles. The lowest BCUT2D eigenvalue weighted by atomic mass is 10.1. The maximum absolute atomic E-state index is 12.4. The zero-order chi connectivity index (χ0) is 21.3. The number of amides is 1. The molecule has 0 radical (unpaired) electrons. The number of phenols is 1. The van der Waals surface area contributed by atoms with Crippen LogP contribution in [-0.2, 0) is 4.79 Å². The number of fused-ring (bicyclic) bond motifs is 1. The Labute approximate surface area is 182 Å². The zero-order valence-corrected chi connectivity index (χ0v) is 18.0. The van der Waals surface area contributed by atoms with Crippen LogP contribution in [0.4, 0.5) is 5.69 Å². The Kier molecular flexibility index (Phi) is 5.65. The third-order valence-corrected chi connectivity index (χ3v) is 5.74. The van der Waals surface area contributed by atoms with Crippen molar-refractivity contribution in [2.45, 2.75) is 18.9 Å². The lowest BCUT2D eigenvalue weighted by Crippen LogP contribution is -2.14. The molecule has 152 valence electrons. The molecule has 1 amide bonds. The Bertz CT molecular complexity index is 1220. The van der Waals surface area contributed by atoms with Crippen molar-refractivity contribution >= 4 is 40.6 Å². The molecule has 6 nitrogen and oxygen atoms in total. The van der Waals surface area contributed by atoms with E-state index in [2.05, 4.69) is 15.4 Å².